The molecule has 0 radical (unpaired) electrons. The van der Waals surface area contributed by atoms with Crippen LogP contribution in [0, 0.1) is 5.92 Å². The summed E-state index contributed by atoms with van der Waals surface area (Å²) in [6.07, 6.45) is 0.900. The van der Waals surface area contributed by atoms with Crippen LogP contribution in [-0.2, 0) is 11.2 Å². The zero-order valence-corrected chi connectivity index (χ0v) is 10.8. The summed E-state index contributed by atoms with van der Waals surface area (Å²) in [5, 5.41) is 11.9. The molecule has 0 spiro atoms. The predicted octanol–water partition coefficient (Wildman–Crippen LogP) is 1.35. The van der Waals surface area contributed by atoms with Crippen LogP contribution in [0.4, 0.5) is 5.13 Å². The lowest BCUT2D eigenvalue weighted by Crippen LogP contribution is -2.19. The Balaban J connectivity index is 2.51. The van der Waals surface area contributed by atoms with E-state index in [9.17, 15) is 4.79 Å². The fourth-order valence-electron chi connectivity index (χ4n) is 1.06. The van der Waals surface area contributed by atoms with Crippen LogP contribution >= 0.6 is 23.6 Å². The van der Waals surface area contributed by atoms with Crippen molar-refractivity contribution in [3.05, 3.63) is 5.01 Å². The van der Waals surface area contributed by atoms with Crippen LogP contribution < -0.4 is 11.1 Å². The normalized spacial score (nSPS) is 10.4. The second-order valence-corrected chi connectivity index (χ2v) is 5.38. The first-order chi connectivity index (χ1) is 7.47. The van der Waals surface area contributed by atoms with Gasteiger partial charge < -0.3 is 11.1 Å². The number of aromatic nitrogens is 2. The average Bonchev–Trinajstić information content (AvgIpc) is 2.49. The molecule has 0 atom stereocenters. The SMILES string of the molecule is CC(C)Cc1nnc(NC(=O)CC(N)=S)s1. The summed E-state index contributed by atoms with van der Waals surface area (Å²) in [4.78, 5) is 11.5. The zero-order chi connectivity index (χ0) is 12.1. The second kappa shape index (κ2) is 5.86. The summed E-state index contributed by atoms with van der Waals surface area (Å²) in [5.74, 6) is 0.271. The summed E-state index contributed by atoms with van der Waals surface area (Å²) < 4.78 is 0. The maximum Gasteiger partial charge on any atom is 0.233 e. The molecular weight excluding hydrogens is 244 g/mol. The van der Waals surface area contributed by atoms with Gasteiger partial charge in [0.25, 0.3) is 0 Å². The number of carbonyl (C=O) groups excluding carboxylic acids is 1. The Kier molecular flexibility index (Phi) is 4.75. The molecule has 16 heavy (non-hydrogen) atoms. The van der Waals surface area contributed by atoms with E-state index in [2.05, 4.69) is 41.6 Å². The van der Waals surface area contributed by atoms with Gasteiger partial charge in [-0.1, -0.05) is 37.4 Å². The molecule has 0 aliphatic rings. The molecule has 1 aromatic heterocycles. The fraction of sp³-hybridized carbons (Fsp3) is 0.556. The summed E-state index contributed by atoms with van der Waals surface area (Å²) in [7, 11) is 0. The highest BCUT2D eigenvalue weighted by atomic mass is 32.1. The van der Waals surface area contributed by atoms with Crippen LogP contribution in [0.15, 0.2) is 0 Å². The number of carbonyl (C=O) groups is 1. The Morgan fingerprint density at radius 1 is 1.56 bits per heavy atom. The molecular formula is C9H14N4OS2. The Hall–Kier alpha value is -1.08. The summed E-state index contributed by atoms with van der Waals surface area (Å²) in [6, 6.07) is 0. The van der Waals surface area contributed by atoms with Crippen LogP contribution in [-0.4, -0.2) is 21.1 Å². The molecule has 1 rings (SSSR count). The second-order valence-electron chi connectivity index (χ2n) is 3.79. The summed E-state index contributed by atoms with van der Waals surface area (Å²) in [5.41, 5.74) is 5.26. The van der Waals surface area contributed by atoms with Gasteiger partial charge in [-0.15, -0.1) is 10.2 Å². The molecule has 1 amide bonds. The van der Waals surface area contributed by atoms with Gasteiger partial charge in [0.1, 0.15) is 5.01 Å². The van der Waals surface area contributed by atoms with E-state index in [1.807, 2.05) is 0 Å². The predicted molar refractivity (Wildman–Crippen MR) is 68.5 cm³/mol. The van der Waals surface area contributed by atoms with Gasteiger partial charge in [0.2, 0.25) is 11.0 Å². The van der Waals surface area contributed by atoms with Crippen molar-refractivity contribution < 1.29 is 4.79 Å². The van der Waals surface area contributed by atoms with Gasteiger partial charge >= 0.3 is 0 Å². The number of thiocarbonyl (C=S) groups is 1. The molecule has 1 heterocycles. The quantitative estimate of drug-likeness (QED) is 0.779. The van der Waals surface area contributed by atoms with Crippen molar-refractivity contribution in [2.24, 2.45) is 11.7 Å². The highest BCUT2D eigenvalue weighted by Gasteiger charge is 2.09. The standard InChI is InChI=1S/C9H14N4OS2/c1-5(2)3-8-12-13-9(16-8)11-7(14)4-6(10)15/h5H,3-4H2,1-2H3,(H2,10,15)(H,11,13,14). The topological polar surface area (TPSA) is 80.9 Å². The highest BCUT2D eigenvalue weighted by Crippen LogP contribution is 2.18. The molecule has 0 bridgehead atoms. The van der Waals surface area contributed by atoms with Crippen molar-refractivity contribution in [1.82, 2.24) is 10.2 Å². The molecule has 5 nitrogen and oxygen atoms in total. The van der Waals surface area contributed by atoms with Crippen LogP contribution in [0.2, 0.25) is 0 Å². The molecule has 7 heteroatoms. The van der Waals surface area contributed by atoms with Gasteiger partial charge in [-0.25, -0.2) is 0 Å². The third-order valence-corrected chi connectivity index (χ3v) is 2.64. The number of hydrogen-bond donors (Lipinski definition) is 2. The van der Waals surface area contributed by atoms with Crippen molar-refractivity contribution in [2.75, 3.05) is 5.32 Å². The molecule has 0 saturated carbocycles. The van der Waals surface area contributed by atoms with Gasteiger partial charge in [-0.3, -0.25) is 4.79 Å². The molecule has 88 valence electrons. The Morgan fingerprint density at radius 3 is 2.81 bits per heavy atom. The van der Waals surface area contributed by atoms with Gasteiger partial charge in [0, 0.05) is 6.42 Å². The van der Waals surface area contributed by atoms with E-state index in [4.69, 9.17) is 5.73 Å². The highest BCUT2D eigenvalue weighted by molar-refractivity contribution is 7.80. The number of nitrogens with zero attached hydrogens (tertiary/aromatic N) is 2. The van der Waals surface area contributed by atoms with Gasteiger partial charge in [-0.05, 0) is 5.92 Å². The smallest absolute Gasteiger partial charge is 0.233 e. The van der Waals surface area contributed by atoms with Crippen LogP contribution in [0.5, 0.6) is 0 Å². The van der Waals surface area contributed by atoms with Crippen molar-refractivity contribution in [1.29, 1.82) is 0 Å². The van der Waals surface area contributed by atoms with E-state index < -0.39 is 0 Å². The van der Waals surface area contributed by atoms with E-state index in [1.54, 1.807) is 0 Å². The molecule has 0 fully saturated rings. The number of anilines is 1. The molecule has 0 aliphatic heterocycles. The minimum Gasteiger partial charge on any atom is -0.393 e. The molecule has 0 unspecified atom stereocenters. The number of hydrogen-bond acceptors (Lipinski definition) is 5. The number of amides is 1. The minimum absolute atomic E-state index is 0.0361. The van der Waals surface area contributed by atoms with E-state index >= 15 is 0 Å². The Morgan fingerprint density at radius 2 is 2.25 bits per heavy atom. The largest absolute Gasteiger partial charge is 0.393 e. The third kappa shape index (κ3) is 4.63. The van der Waals surface area contributed by atoms with Crippen molar-refractivity contribution >= 4 is 39.6 Å². The first-order valence-electron chi connectivity index (χ1n) is 4.88. The average molecular weight is 258 g/mol. The number of nitrogens with two attached hydrogens (primary N) is 1. The van der Waals surface area contributed by atoms with Crippen LogP contribution in [0.3, 0.4) is 0 Å². The van der Waals surface area contributed by atoms with Crippen LogP contribution in [0.25, 0.3) is 0 Å². The lowest BCUT2D eigenvalue weighted by molar-refractivity contribution is -0.115. The first kappa shape index (κ1) is 13.0. The fourth-order valence-corrected chi connectivity index (χ4v) is 2.16. The van der Waals surface area contributed by atoms with Crippen molar-refractivity contribution in [2.45, 2.75) is 26.7 Å². The van der Waals surface area contributed by atoms with Gasteiger partial charge in [0.15, 0.2) is 0 Å². The van der Waals surface area contributed by atoms with Crippen molar-refractivity contribution in [3.8, 4) is 0 Å². The van der Waals surface area contributed by atoms with Gasteiger partial charge in [-0.2, -0.15) is 0 Å². The summed E-state index contributed by atoms with van der Waals surface area (Å²) in [6.45, 7) is 4.21. The number of nitrogens with one attached hydrogen (secondary N) is 1. The van der Waals surface area contributed by atoms with E-state index in [0.717, 1.165) is 11.4 Å². The molecule has 3 N–H and O–H groups in total. The summed E-state index contributed by atoms with van der Waals surface area (Å²) >= 11 is 6.01. The lowest BCUT2D eigenvalue weighted by atomic mass is 10.1. The molecule has 0 saturated heterocycles. The maximum absolute atomic E-state index is 11.3. The van der Waals surface area contributed by atoms with Gasteiger partial charge in [0.05, 0.1) is 11.4 Å². The maximum atomic E-state index is 11.3. The van der Waals surface area contributed by atoms with Crippen LogP contribution in [0.1, 0.15) is 25.3 Å². The molecule has 0 aliphatic carbocycles. The Bertz CT molecular complexity index is 389. The number of rotatable bonds is 5. The minimum atomic E-state index is -0.250. The third-order valence-electron chi connectivity index (χ3n) is 1.63. The van der Waals surface area contributed by atoms with Crippen molar-refractivity contribution in [3.63, 3.8) is 0 Å². The lowest BCUT2D eigenvalue weighted by Gasteiger charge is -1.99. The van der Waals surface area contributed by atoms with E-state index in [0.29, 0.717) is 11.0 Å². The monoisotopic (exact) mass is 258 g/mol. The van der Waals surface area contributed by atoms with E-state index in [1.165, 1.54) is 11.3 Å². The Labute approximate surface area is 103 Å². The molecule has 1 aromatic rings. The zero-order valence-electron chi connectivity index (χ0n) is 9.19. The van der Waals surface area contributed by atoms with E-state index in [-0.39, 0.29) is 17.3 Å². The molecule has 0 aromatic carbocycles. The first-order valence-corrected chi connectivity index (χ1v) is 6.10.